The van der Waals surface area contributed by atoms with Crippen LogP contribution in [0.5, 0.6) is 0 Å². The molecule has 3 heteroatoms. The van der Waals surface area contributed by atoms with Gasteiger partial charge in [-0.2, -0.15) is 0 Å². The maximum atomic E-state index is 13.3. The summed E-state index contributed by atoms with van der Waals surface area (Å²) in [6.07, 6.45) is 3.35. The van der Waals surface area contributed by atoms with Crippen molar-refractivity contribution in [2.45, 2.75) is 33.1 Å². The van der Waals surface area contributed by atoms with Gasteiger partial charge in [-0.25, -0.2) is 4.39 Å². The third kappa shape index (κ3) is 2.48. The first-order valence-corrected chi connectivity index (χ1v) is 6.15. The average Bonchev–Trinajstić information content (AvgIpc) is 2.34. The number of carbonyl (C=O) groups is 1. The third-order valence-electron chi connectivity index (χ3n) is 3.38. The highest BCUT2D eigenvalue weighted by Gasteiger charge is 2.20. The molecular formula is C14H18FNO. The first-order chi connectivity index (χ1) is 8.09. The van der Waals surface area contributed by atoms with E-state index >= 15 is 0 Å². The molecule has 1 aliphatic rings. The SMILES string of the molecule is Cc1cc(C(=O)N2CCCCC2)c(C)cc1F. The van der Waals surface area contributed by atoms with Crippen LogP contribution in [0.4, 0.5) is 4.39 Å². The highest BCUT2D eigenvalue weighted by Crippen LogP contribution is 2.19. The molecule has 2 rings (SSSR count). The van der Waals surface area contributed by atoms with Crippen molar-refractivity contribution in [2.75, 3.05) is 13.1 Å². The molecule has 2 nitrogen and oxygen atoms in total. The first-order valence-electron chi connectivity index (χ1n) is 6.15. The fourth-order valence-corrected chi connectivity index (χ4v) is 2.28. The van der Waals surface area contributed by atoms with Gasteiger partial charge in [0.05, 0.1) is 0 Å². The van der Waals surface area contributed by atoms with Gasteiger partial charge < -0.3 is 4.90 Å². The minimum atomic E-state index is -0.238. The lowest BCUT2D eigenvalue weighted by atomic mass is 10.0. The van der Waals surface area contributed by atoms with Crippen molar-refractivity contribution >= 4 is 5.91 Å². The van der Waals surface area contributed by atoms with E-state index in [1.807, 2.05) is 4.90 Å². The van der Waals surface area contributed by atoms with Crippen molar-refractivity contribution in [1.29, 1.82) is 0 Å². The molecular weight excluding hydrogens is 217 g/mol. The summed E-state index contributed by atoms with van der Waals surface area (Å²) in [4.78, 5) is 14.2. The second-order valence-electron chi connectivity index (χ2n) is 4.77. The van der Waals surface area contributed by atoms with E-state index in [9.17, 15) is 9.18 Å². The zero-order valence-corrected chi connectivity index (χ0v) is 10.4. The van der Waals surface area contributed by atoms with Crippen LogP contribution in [0, 0.1) is 19.7 Å². The molecule has 1 aromatic carbocycles. The molecule has 1 fully saturated rings. The van der Waals surface area contributed by atoms with E-state index in [0.717, 1.165) is 31.5 Å². The molecule has 1 amide bonds. The number of piperidine rings is 1. The zero-order chi connectivity index (χ0) is 12.4. The number of halogens is 1. The van der Waals surface area contributed by atoms with Crippen LogP contribution in [-0.2, 0) is 0 Å². The summed E-state index contributed by atoms with van der Waals surface area (Å²) < 4.78 is 13.3. The largest absolute Gasteiger partial charge is 0.339 e. The maximum absolute atomic E-state index is 13.3. The van der Waals surface area contributed by atoms with Crippen molar-refractivity contribution < 1.29 is 9.18 Å². The number of likely N-dealkylation sites (tertiary alicyclic amines) is 1. The quantitative estimate of drug-likeness (QED) is 0.732. The summed E-state index contributed by atoms with van der Waals surface area (Å²) in [6.45, 7) is 5.14. The van der Waals surface area contributed by atoms with E-state index in [2.05, 4.69) is 0 Å². The van der Waals surface area contributed by atoms with E-state index in [1.165, 1.54) is 12.5 Å². The molecule has 1 aromatic rings. The Labute approximate surface area is 101 Å². The Kier molecular flexibility index (Phi) is 3.46. The molecule has 1 saturated heterocycles. The Morgan fingerprint density at radius 3 is 2.41 bits per heavy atom. The van der Waals surface area contributed by atoms with Crippen LogP contribution in [0.1, 0.15) is 40.7 Å². The van der Waals surface area contributed by atoms with Gasteiger partial charge in [0.2, 0.25) is 0 Å². The smallest absolute Gasteiger partial charge is 0.254 e. The van der Waals surface area contributed by atoms with E-state index in [1.54, 1.807) is 19.9 Å². The van der Waals surface area contributed by atoms with Gasteiger partial charge in [-0.15, -0.1) is 0 Å². The summed E-state index contributed by atoms with van der Waals surface area (Å²) in [5.41, 5.74) is 1.91. The predicted octanol–water partition coefficient (Wildman–Crippen LogP) is 3.07. The van der Waals surface area contributed by atoms with Crippen LogP contribution in [0.15, 0.2) is 12.1 Å². The standard InChI is InChI=1S/C14H18FNO/c1-10-9-13(15)11(2)8-12(10)14(17)16-6-4-3-5-7-16/h8-9H,3-7H2,1-2H3. The number of aryl methyl sites for hydroxylation is 2. The second kappa shape index (κ2) is 4.86. The van der Waals surface area contributed by atoms with E-state index in [0.29, 0.717) is 11.1 Å². The molecule has 1 aliphatic heterocycles. The van der Waals surface area contributed by atoms with Crippen LogP contribution >= 0.6 is 0 Å². The van der Waals surface area contributed by atoms with Crippen molar-refractivity contribution in [3.8, 4) is 0 Å². The Hall–Kier alpha value is -1.38. The van der Waals surface area contributed by atoms with Crippen LogP contribution < -0.4 is 0 Å². The number of amides is 1. The number of rotatable bonds is 1. The van der Waals surface area contributed by atoms with Gasteiger partial charge >= 0.3 is 0 Å². The van der Waals surface area contributed by atoms with E-state index in [-0.39, 0.29) is 11.7 Å². The van der Waals surface area contributed by atoms with Crippen LogP contribution in [0.25, 0.3) is 0 Å². The van der Waals surface area contributed by atoms with Gasteiger partial charge in [-0.05, 0) is 56.4 Å². The Bertz CT molecular complexity index is 436. The van der Waals surface area contributed by atoms with Crippen molar-refractivity contribution in [3.63, 3.8) is 0 Å². The molecule has 0 N–H and O–H groups in total. The van der Waals surface area contributed by atoms with Gasteiger partial charge in [-0.3, -0.25) is 4.79 Å². The van der Waals surface area contributed by atoms with E-state index in [4.69, 9.17) is 0 Å². The van der Waals surface area contributed by atoms with Gasteiger partial charge in [0.25, 0.3) is 5.91 Å². The topological polar surface area (TPSA) is 20.3 Å². The molecule has 1 heterocycles. The number of hydrogen-bond acceptors (Lipinski definition) is 1. The molecule has 0 radical (unpaired) electrons. The Morgan fingerprint density at radius 2 is 1.76 bits per heavy atom. The Morgan fingerprint density at radius 1 is 1.12 bits per heavy atom. The normalized spacial score (nSPS) is 16.1. The van der Waals surface area contributed by atoms with Crippen LogP contribution in [0.2, 0.25) is 0 Å². The number of hydrogen-bond donors (Lipinski definition) is 0. The number of benzene rings is 1. The maximum Gasteiger partial charge on any atom is 0.254 e. The lowest BCUT2D eigenvalue weighted by molar-refractivity contribution is 0.0723. The first kappa shape index (κ1) is 12.1. The highest BCUT2D eigenvalue weighted by molar-refractivity contribution is 5.95. The molecule has 0 aliphatic carbocycles. The van der Waals surface area contributed by atoms with Crippen LogP contribution in [-0.4, -0.2) is 23.9 Å². The van der Waals surface area contributed by atoms with Gasteiger partial charge in [-0.1, -0.05) is 0 Å². The summed E-state index contributed by atoms with van der Waals surface area (Å²) in [7, 11) is 0. The summed E-state index contributed by atoms with van der Waals surface area (Å²) in [5.74, 6) is -0.192. The van der Waals surface area contributed by atoms with Crippen molar-refractivity contribution in [1.82, 2.24) is 4.90 Å². The summed E-state index contributed by atoms with van der Waals surface area (Å²) in [6, 6.07) is 3.12. The Balaban J connectivity index is 2.26. The van der Waals surface area contributed by atoms with Crippen LogP contribution in [0.3, 0.4) is 0 Å². The number of carbonyl (C=O) groups excluding carboxylic acids is 1. The predicted molar refractivity (Wildman–Crippen MR) is 65.6 cm³/mol. The van der Waals surface area contributed by atoms with Gasteiger partial charge in [0.1, 0.15) is 5.82 Å². The van der Waals surface area contributed by atoms with E-state index < -0.39 is 0 Å². The van der Waals surface area contributed by atoms with Gasteiger partial charge in [0.15, 0.2) is 0 Å². The minimum absolute atomic E-state index is 0.0466. The molecule has 0 saturated carbocycles. The molecule has 17 heavy (non-hydrogen) atoms. The molecule has 0 unspecified atom stereocenters. The summed E-state index contributed by atoms with van der Waals surface area (Å²) >= 11 is 0. The summed E-state index contributed by atoms with van der Waals surface area (Å²) in [5, 5.41) is 0. The molecule has 92 valence electrons. The number of nitrogens with zero attached hydrogens (tertiary/aromatic N) is 1. The fourth-order valence-electron chi connectivity index (χ4n) is 2.28. The third-order valence-corrected chi connectivity index (χ3v) is 3.38. The molecule has 0 spiro atoms. The van der Waals surface area contributed by atoms with Crippen molar-refractivity contribution in [2.24, 2.45) is 0 Å². The highest BCUT2D eigenvalue weighted by atomic mass is 19.1. The average molecular weight is 235 g/mol. The molecule has 0 atom stereocenters. The zero-order valence-electron chi connectivity index (χ0n) is 10.4. The fraction of sp³-hybridized carbons (Fsp3) is 0.500. The minimum Gasteiger partial charge on any atom is -0.339 e. The van der Waals surface area contributed by atoms with Crippen molar-refractivity contribution in [3.05, 3.63) is 34.6 Å². The molecule has 0 aromatic heterocycles. The monoisotopic (exact) mass is 235 g/mol. The van der Waals surface area contributed by atoms with Gasteiger partial charge in [0, 0.05) is 18.7 Å². The molecule has 0 bridgehead atoms. The lowest BCUT2D eigenvalue weighted by Gasteiger charge is -2.27. The second-order valence-corrected chi connectivity index (χ2v) is 4.77. The lowest BCUT2D eigenvalue weighted by Crippen LogP contribution is -2.36.